The lowest BCUT2D eigenvalue weighted by atomic mass is 10.1. The number of sulfone groups is 1. The number of hydrogen-bond acceptors (Lipinski definition) is 7. The van der Waals surface area contributed by atoms with Crippen LogP contribution >= 0.6 is 0 Å². The summed E-state index contributed by atoms with van der Waals surface area (Å²) in [6.07, 6.45) is 4.38. The monoisotopic (exact) mass is 431 g/mol. The van der Waals surface area contributed by atoms with E-state index in [9.17, 15) is 13.2 Å². The lowest BCUT2D eigenvalue weighted by Crippen LogP contribution is -2.30. The molecule has 0 aliphatic carbocycles. The maximum Gasteiger partial charge on any atom is 0.224 e. The van der Waals surface area contributed by atoms with Crippen molar-refractivity contribution >= 4 is 27.2 Å². The lowest BCUT2D eigenvalue weighted by molar-refractivity contribution is -0.120. The highest BCUT2D eigenvalue weighted by atomic mass is 32.2. The van der Waals surface area contributed by atoms with Crippen LogP contribution < -0.4 is 15.5 Å². The molecule has 30 heavy (non-hydrogen) atoms. The van der Waals surface area contributed by atoms with E-state index in [0.29, 0.717) is 18.9 Å². The summed E-state index contributed by atoms with van der Waals surface area (Å²) in [5.41, 5.74) is 1.84. The molecule has 0 saturated carbocycles. The summed E-state index contributed by atoms with van der Waals surface area (Å²) in [5, 5.41) is 13.7. The fraction of sp³-hybridized carbons (Fsp3) is 0.476. The number of amides is 1. The van der Waals surface area contributed by atoms with Gasteiger partial charge in [0.2, 0.25) is 5.91 Å². The Hall–Kier alpha value is -2.68. The first-order chi connectivity index (χ1) is 14.4. The molecule has 1 aromatic carbocycles. The zero-order valence-electron chi connectivity index (χ0n) is 17.5. The maximum atomic E-state index is 12.2. The zero-order valence-corrected chi connectivity index (χ0v) is 18.3. The van der Waals surface area contributed by atoms with Crippen molar-refractivity contribution in [2.24, 2.45) is 0 Å². The number of aromatic nitrogens is 2. The molecule has 0 bridgehead atoms. The number of benzene rings is 1. The molecule has 2 aromatic rings. The van der Waals surface area contributed by atoms with Crippen LogP contribution in [0.4, 0.5) is 11.5 Å². The molecule has 162 valence electrons. The standard InChI is InChI=1S/C21H29N5O3S/c1-16(2)30(28,29)19-7-5-17(6-8-19)13-21(27)23-10-9-22-20-14-18(15-24-25-20)26-11-3-4-12-26/h5-8,14-16H,3-4,9-13H2,1-2H3,(H,22,25)(H,23,27). The number of carbonyl (C=O) groups is 1. The van der Waals surface area contributed by atoms with Crippen molar-refractivity contribution in [3.05, 3.63) is 42.1 Å². The molecule has 1 aliphatic rings. The minimum Gasteiger partial charge on any atom is -0.370 e. The number of rotatable bonds is 9. The van der Waals surface area contributed by atoms with Gasteiger partial charge in [0.1, 0.15) is 0 Å². The Kier molecular flexibility index (Phi) is 7.25. The van der Waals surface area contributed by atoms with Crippen LogP contribution in [0.2, 0.25) is 0 Å². The summed E-state index contributed by atoms with van der Waals surface area (Å²) >= 11 is 0. The van der Waals surface area contributed by atoms with Crippen LogP contribution in [0.25, 0.3) is 0 Å². The fourth-order valence-electron chi connectivity index (χ4n) is 3.30. The quantitative estimate of drug-likeness (QED) is 0.586. The Morgan fingerprint density at radius 3 is 2.50 bits per heavy atom. The van der Waals surface area contributed by atoms with Gasteiger partial charge in [-0.25, -0.2) is 8.42 Å². The smallest absolute Gasteiger partial charge is 0.224 e. The molecule has 1 aliphatic heterocycles. The molecular formula is C21H29N5O3S. The van der Waals surface area contributed by atoms with E-state index in [-0.39, 0.29) is 17.2 Å². The van der Waals surface area contributed by atoms with E-state index in [1.54, 1.807) is 44.3 Å². The maximum absolute atomic E-state index is 12.2. The van der Waals surface area contributed by atoms with Crippen LogP contribution in [-0.4, -0.2) is 56.0 Å². The Morgan fingerprint density at radius 1 is 1.13 bits per heavy atom. The highest BCUT2D eigenvalue weighted by Gasteiger charge is 2.19. The Bertz CT molecular complexity index is 955. The van der Waals surface area contributed by atoms with Crippen LogP contribution in [0.5, 0.6) is 0 Å². The minimum atomic E-state index is -3.30. The topological polar surface area (TPSA) is 104 Å². The lowest BCUT2D eigenvalue weighted by Gasteiger charge is -2.17. The molecule has 2 N–H and O–H groups in total. The van der Waals surface area contributed by atoms with Gasteiger partial charge in [-0.05, 0) is 44.4 Å². The summed E-state index contributed by atoms with van der Waals surface area (Å²) in [7, 11) is -3.30. The zero-order chi connectivity index (χ0) is 21.6. The van der Waals surface area contributed by atoms with Crippen molar-refractivity contribution in [3.63, 3.8) is 0 Å². The van der Waals surface area contributed by atoms with Gasteiger partial charge in [0.05, 0.1) is 28.5 Å². The molecule has 3 rings (SSSR count). The number of nitrogens with zero attached hydrogens (tertiary/aromatic N) is 3. The summed E-state index contributed by atoms with van der Waals surface area (Å²) in [6, 6.07) is 8.48. The Morgan fingerprint density at radius 2 is 1.83 bits per heavy atom. The summed E-state index contributed by atoms with van der Waals surface area (Å²) in [4.78, 5) is 14.7. The van der Waals surface area contributed by atoms with E-state index >= 15 is 0 Å². The minimum absolute atomic E-state index is 0.117. The van der Waals surface area contributed by atoms with Gasteiger partial charge in [-0.3, -0.25) is 4.79 Å². The second-order valence-corrected chi connectivity index (χ2v) is 10.2. The Balaban J connectivity index is 1.42. The number of nitrogens with one attached hydrogen (secondary N) is 2. The molecule has 0 atom stereocenters. The van der Waals surface area contributed by atoms with E-state index in [0.717, 1.165) is 24.3 Å². The molecule has 8 nitrogen and oxygen atoms in total. The number of hydrogen-bond donors (Lipinski definition) is 2. The molecule has 0 radical (unpaired) electrons. The third-order valence-electron chi connectivity index (χ3n) is 5.10. The fourth-order valence-corrected chi connectivity index (χ4v) is 4.36. The molecule has 0 unspecified atom stereocenters. The van der Waals surface area contributed by atoms with Gasteiger partial charge in [0.15, 0.2) is 15.7 Å². The van der Waals surface area contributed by atoms with Crippen LogP contribution in [-0.2, 0) is 21.1 Å². The van der Waals surface area contributed by atoms with Crippen LogP contribution in [0, 0.1) is 0 Å². The third-order valence-corrected chi connectivity index (χ3v) is 7.27. The molecule has 0 spiro atoms. The van der Waals surface area contributed by atoms with Gasteiger partial charge in [0.25, 0.3) is 0 Å². The molecule has 9 heteroatoms. The first-order valence-electron chi connectivity index (χ1n) is 10.3. The Labute approximate surface area is 178 Å². The van der Waals surface area contributed by atoms with E-state index in [1.807, 2.05) is 6.07 Å². The molecule has 2 heterocycles. The normalized spacial score (nSPS) is 14.2. The van der Waals surface area contributed by atoms with Crippen molar-refractivity contribution in [2.45, 2.75) is 43.3 Å². The first-order valence-corrected chi connectivity index (χ1v) is 11.8. The molecule has 1 fully saturated rings. The highest BCUT2D eigenvalue weighted by Crippen LogP contribution is 2.20. The first kappa shape index (κ1) is 22.0. The molecule has 1 amide bonds. The molecular weight excluding hydrogens is 402 g/mol. The predicted molar refractivity (Wildman–Crippen MR) is 117 cm³/mol. The largest absolute Gasteiger partial charge is 0.370 e. The van der Waals surface area contributed by atoms with Crippen molar-refractivity contribution in [1.29, 1.82) is 0 Å². The second kappa shape index (κ2) is 9.88. The third kappa shape index (κ3) is 5.69. The van der Waals surface area contributed by atoms with Gasteiger partial charge in [-0.2, -0.15) is 5.10 Å². The van der Waals surface area contributed by atoms with E-state index in [4.69, 9.17) is 0 Å². The summed E-state index contributed by atoms with van der Waals surface area (Å²) in [5.74, 6) is 0.573. The van der Waals surface area contributed by atoms with Crippen molar-refractivity contribution in [3.8, 4) is 0 Å². The van der Waals surface area contributed by atoms with Gasteiger partial charge in [-0.15, -0.1) is 5.10 Å². The van der Waals surface area contributed by atoms with Crippen molar-refractivity contribution in [2.75, 3.05) is 36.4 Å². The van der Waals surface area contributed by atoms with Gasteiger partial charge in [0, 0.05) is 32.2 Å². The van der Waals surface area contributed by atoms with Crippen LogP contribution in [0.15, 0.2) is 41.4 Å². The summed E-state index contributed by atoms with van der Waals surface area (Å²) < 4.78 is 24.3. The molecule has 1 aromatic heterocycles. The average Bonchev–Trinajstić information content (AvgIpc) is 3.27. The SMILES string of the molecule is CC(C)S(=O)(=O)c1ccc(CC(=O)NCCNc2cc(N3CCCC3)cnn2)cc1. The summed E-state index contributed by atoms with van der Waals surface area (Å²) in [6.45, 7) is 6.39. The van der Waals surface area contributed by atoms with Crippen LogP contribution in [0.3, 0.4) is 0 Å². The highest BCUT2D eigenvalue weighted by molar-refractivity contribution is 7.92. The van der Waals surface area contributed by atoms with Crippen molar-refractivity contribution in [1.82, 2.24) is 15.5 Å². The van der Waals surface area contributed by atoms with Gasteiger partial charge < -0.3 is 15.5 Å². The van der Waals surface area contributed by atoms with E-state index in [1.165, 1.54) is 12.8 Å². The molecule has 1 saturated heterocycles. The predicted octanol–water partition coefficient (Wildman–Crippen LogP) is 2.03. The van der Waals surface area contributed by atoms with Gasteiger partial charge in [-0.1, -0.05) is 12.1 Å². The second-order valence-electron chi connectivity index (χ2n) is 7.68. The van der Waals surface area contributed by atoms with Crippen LogP contribution in [0.1, 0.15) is 32.3 Å². The average molecular weight is 432 g/mol. The number of carbonyl (C=O) groups excluding carboxylic acids is 1. The van der Waals surface area contributed by atoms with E-state index < -0.39 is 15.1 Å². The van der Waals surface area contributed by atoms with Gasteiger partial charge >= 0.3 is 0 Å². The van der Waals surface area contributed by atoms with E-state index in [2.05, 4.69) is 25.7 Å². The van der Waals surface area contributed by atoms with Crippen molar-refractivity contribution < 1.29 is 13.2 Å². The number of anilines is 2.